The molecule has 1 aliphatic heterocycles. The summed E-state index contributed by atoms with van der Waals surface area (Å²) in [5, 5.41) is 12.1. The first-order valence-corrected chi connectivity index (χ1v) is 9.29. The SMILES string of the molecule is CC(C)(C)OC(=O)N1CCC(c2ccccc2NCCCC(=O)O)CC1. The number of carbonyl (C=O) groups is 2. The van der Waals surface area contributed by atoms with Gasteiger partial charge in [-0.1, -0.05) is 18.2 Å². The molecule has 0 radical (unpaired) electrons. The monoisotopic (exact) mass is 362 g/mol. The number of piperidine rings is 1. The summed E-state index contributed by atoms with van der Waals surface area (Å²) in [6, 6.07) is 8.17. The number of likely N-dealkylation sites (tertiary alicyclic amines) is 1. The second-order valence-corrected chi connectivity index (χ2v) is 7.75. The Morgan fingerprint density at radius 2 is 1.88 bits per heavy atom. The predicted octanol–water partition coefficient (Wildman–Crippen LogP) is 4.08. The van der Waals surface area contributed by atoms with Crippen molar-refractivity contribution in [3.63, 3.8) is 0 Å². The van der Waals surface area contributed by atoms with Gasteiger partial charge in [0.15, 0.2) is 0 Å². The first kappa shape index (κ1) is 20.1. The zero-order valence-electron chi connectivity index (χ0n) is 16.0. The van der Waals surface area contributed by atoms with Gasteiger partial charge in [0, 0.05) is 31.7 Å². The Hall–Kier alpha value is -2.24. The molecule has 1 aliphatic rings. The van der Waals surface area contributed by atoms with E-state index >= 15 is 0 Å². The smallest absolute Gasteiger partial charge is 0.410 e. The fraction of sp³-hybridized carbons (Fsp3) is 0.600. The Kier molecular flexibility index (Phi) is 6.89. The Morgan fingerprint density at radius 1 is 1.23 bits per heavy atom. The lowest BCUT2D eigenvalue weighted by Crippen LogP contribution is -2.41. The first-order valence-electron chi connectivity index (χ1n) is 9.29. The summed E-state index contributed by atoms with van der Waals surface area (Å²) >= 11 is 0. The van der Waals surface area contributed by atoms with E-state index in [1.54, 1.807) is 4.90 Å². The molecule has 0 atom stereocenters. The number of ether oxygens (including phenoxy) is 1. The van der Waals surface area contributed by atoms with Gasteiger partial charge in [-0.05, 0) is 57.6 Å². The van der Waals surface area contributed by atoms with Crippen LogP contribution in [0.15, 0.2) is 24.3 Å². The third-order valence-electron chi connectivity index (χ3n) is 4.43. The van der Waals surface area contributed by atoms with Crippen LogP contribution in [0, 0.1) is 0 Å². The number of carbonyl (C=O) groups excluding carboxylic acids is 1. The molecule has 6 nitrogen and oxygen atoms in total. The number of para-hydroxylation sites is 1. The number of hydrogen-bond acceptors (Lipinski definition) is 4. The van der Waals surface area contributed by atoms with Gasteiger partial charge in [0.2, 0.25) is 0 Å². The molecule has 2 N–H and O–H groups in total. The van der Waals surface area contributed by atoms with Gasteiger partial charge >= 0.3 is 12.1 Å². The molecule has 26 heavy (non-hydrogen) atoms. The number of nitrogens with zero attached hydrogens (tertiary/aromatic N) is 1. The topological polar surface area (TPSA) is 78.9 Å². The van der Waals surface area contributed by atoms with Crippen LogP contribution < -0.4 is 5.32 Å². The molecule has 0 unspecified atom stereocenters. The van der Waals surface area contributed by atoms with Crippen molar-refractivity contribution in [1.82, 2.24) is 4.90 Å². The van der Waals surface area contributed by atoms with Crippen LogP contribution in [0.4, 0.5) is 10.5 Å². The number of carboxylic acids is 1. The van der Waals surface area contributed by atoms with Gasteiger partial charge in [-0.15, -0.1) is 0 Å². The van der Waals surface area contributed by atoms with E-state index in [2.05, 4.69) is 11.4 Å². The summed E-state index contributed by atoms with van der Waals surface area (Å²) in [6.07, 6.45) is 2.32. The molecule has 0 spiro atoms. The molecule has 2 rings (SSSR count). The minimum absolute atomic E-state index is 0.170. The average Bonchev–Trinajstić information content (AvgIpc) is 2.57. The molecule has 1 amide bonds. The molecular formula is C20H30N2O4. The zero-order valence-corrected chi connectivity index (χ0v) is 16.0. The molecule has 1 aromatic carbocycles. The fourth-order valence-electron chi connectivity index (χ4n) is 3.18. The number of benzene rings is 1. The van der Waals surface area contributed by atoms with Crippen LogP contribution in [0.2, 0.25) is 0 Å². The molecule has 0 aliphatic carbocycles. The maximum atomic E-state index is 12.2. The molecular weight excluding hydrogens is 332 g/mol. The summed E-state index contributed by atoms with van der Waals surface area (Å²) < 4.78 is 5.45. The van der Waals surface area contributed by atoms with Crippen LogP contribution in [-0.4, -0.2) is 47.3 Å². The molecule has 6 heteroatoms. The minimum Gasteiger partial charge on any atom is -0.481 e. The van der Waals surface area contributed by atoms with Crippen LogP contribution in [-0.2, 0) is 9.53 Å². The second-order valence-electron chi connectivity index (χ2n) is 7.75. The highest BCUT2D eigenvalue weighted by Crippen LogP contribution is 2.33. The molecule has 1 aromatic rings. The number of rotatable bonds is 6. The van der Waals surface area contributed by atoms with E-state index in [0.29, 0.717) is 32.0 Å². The van der Waals surface area contributed by atoms with Crippen LogP contribution in [0.25, 0.3) is 0 Å². The van der Waals surface area contributed by atoms with Gasteiger partial charge in [0.25, 0.3) is 0 Å². The number of hydrogen-bond donors (Lipinski definition) is 2. The summed E-state index contributed by atoms with van der Waals surface area (Å²) in [5.41, 5.74) is 1.83. The number of amides is 1. The van der Waals surface area contributed by atoms with Gasteiger partial charge < -0.3 is 20.1 Å². The van der Waals surface area contributed by atoms with Crippen molar-refractivity contribution >= 4 is 17.7 Å². The third-order valence-corrected chi connectivity index (χ3v) is 4.43. The Morgan fingerprint density at radius 3 is 2.50 bits per heavy atom. The van der Waals surface area contributed by atoms with E-state index in [0.717, 1.165) is 18.5 Å². The summed E-state index contributed by atoms with van der Waals surface area (Å²) in [6.45, 7) is 7.65. The van der Waals surface area contributed by atoms with Crippen molar-refractivity contribution in [1.29, 1.82) is 0 Å². The van der Waals surface area contributed by atoms with Crippen LogP contribution in [0.1, 0.15) is 57.9 Å². The Bertz CT molecular complexity index is 616. The van der Waals surface area contributed by atoms with Crippen LogP contribution in [0.5, 0.6) is 0 Å². The van der Waals surface area contributed by atoms with Gasteiger partial charge in [-0.25, -0.2) is 4.79 Å². The molecule has 1 fully saturated rings. The van der Waals surface area contributed by atoms with Gasteiger partial charge in [0.1, 0.15) is 5.60 Å². The average molecular weight is 362 g/mol. The maximum Gasteiger partial charge on any atom is 0.410 e. The maximum absolute atomic E-state index is 12.2. The molecule has 0 bridgehead atoms. The largest absolute Gasteiger partial charge is 0.481 e. The van der Waals surface area contributed by atoms with Gasteiger partial charge in [-0.2, -0.15) is 0 Å². The highest BCUT2D eigenvalue weighted by Gasteiger charge is 2.28. The molecule has 1 heterocycles. The van der Waals surface area contributed by atoms with Crippen LogP contribution in [0.3, 0.4) is 0 Å². The van der Waals surface area contributed by atoms with E-state index in [4.69, 9.17) is 9.84 Å². The lowest BCUT2D eigenvalue weighted by Gasteiger charge is -2.34. The lowest BCUT2D eigenvalue weighted by molar-refractivity contribution is -0.137. The quantitative estimate of drug-likeness (QED) is 0.746. The van der Waals surface area contributed by atoms with Crippen molar-refractivity contribution in [3.05, 3.63) is 29.8 Å². The summed E-state index contributed by atoms with van der Waals surface area (Å²) in [5.74, 6) is -0.383. The number of carboxylic acid groups (broad SMARTS) is 1. The summed E-state index contributed by atoms with van der Waals surface area (Å²) in [7, 11) is 0. The summed E-state index contributed by atoms with van der Waals surface area (Å²) in [4.78, 5) is 24.6. The van der Waals surface area contributed by atoms with E-state index in [1.165, 1.54) is 5.56 Å². The van der Waals surface area contributed by atoms with Crippen molar-refractivity contribution in [2.75, 3.05) is 25.0 Å². The fourth-order valence-corrected chi connectivity index (χ4v) is 3.18. The Labute approximate surface area is 155 Å². The number of aliphatic carboxylic acids is 1. The molecule has 1 saturated heterocycles. The molecule has 144 valence electrons. The Balaban J connectivity index is 1.90. The molecule has 0 saturated carbocycles. The van der Waals surface area contributed by atoms with Crippen molar-refractivity contribution in [2.45, 2.75) is 58.0 Å². The highest BCUT2D eigenvalue weighted by molar-refractivity contribution is 5.68. The minimum atomic E-state index is -0.769. The third kappa shape index (κ3) is 6.24. The van der Waals surface area contributed by atoms with Crippen molar-refractivity contribution in [2.24, 2.45) is 0 Å². The van der Waals surface area contributed by atoms with E-state index in [-0.39, 0.29) is 12.5 Å². The van der Waals surface area contributed by atoms with E-state index in [1.807, 2.05) is 39.0 Å². The second kappa shape index (κ2) is 8.92. The van der Waals surface area contributed by atoms with E-state index < -0.39 is 11.6 Å². The van der Waals surface area contributed by atoms with Gasteiger partial charge in [0.05, 0.1) is 0 Å². The lowest BCUT2D eigenvalue weighted by atomic mass is 9.88. The highest BCUT2D eigenvalue weighted by atomic mass is 16.6. The van der Waals surface area contributed by atoms with Crippen LogP contribution >= 0.6 is 0 Å². The van der Waals surface area contributed by atoms with E-state index in [9.17, 15) is 9.59 Å². The first-order chi connectivity index (χ1) is 12.3. The zero-order chi connectivity index (χ0) is 19.2. The van der Waals surface area contributed by atoms with Crippen molar-refractivity contribution < 1.29 is 19.4 Å². The predicted molar refractivity (Wildman–Crippen MR) is 102 cm³/mol. The number of nitrogens with one attached hydrogen (secondary N) is 1. The molecule has 0 aromatic heterocycles. The normalized spacial score (nSPS) is 15.6. The van der Waals surface area contributed by atoms with Crippen molar-refractivity contribution in [3.8, 4) is 0 Å². The standard InChI is InChI=1S/C20H30N2O4/c1-20(2,3)26-19(25)22-13-10-15(11-14-22)16-7-4-5-8-17(16)21-12-6-9-18(23)24/h4-5,7-8,15,21H,6,9-14H2,1-3H3,(H,23,24). The van der Waals surface area contributed by atoms with Gasteiger partial charge in [-0.3, -0.25) is 4.79 Å². The number of anilines is 1.